The molecule has 6 aromatic rings. The molecule has 0 saturated heterocycles. The number of pyridine rings is 2. The molecule has 0 bridgehead atoms. The predicted molar refractivity (Wildman–Crippen MR) is 178 cm³/mol. The van der Waals surface area contributed by atoms with Crippen molar-refractivity contribution in [1.82, 2.24) is 9.97 Å². The van der Waals surface area contributed by atoms with Gasteiger partial charge in [-0.3, -0.25) is 0 Å². The maximum absolute atomic E-state index is 13.2. The Morgan fingerprint density at radius 2 is 0.741 bits per heavy atom. The summed E-state index contributed by atoms with van der Waals surface area (Å²) in [5, 5.41) is -0.171. The Balaban J connectivity index is 0.000000208. The number of hydrogen-bond donors (Lipinski definition) is 0. The normalized spacial score (nSPS) is 12.0. The van der Waals surface area contributed by atoms with Crippen molar-refractivity contribution in [3.8, 4) is 23.7 Å². The number of fused-ring (bicyclic) bond motifs is 2. The van der Waals surface area contributed by atoms with Gasteiger partial charge in [0.15, 0.2) is 0 Å². The molecular formula is C40H22F12N2. The van der Waals surface area contributed by atoms with E-state index in [1.54, 1.807) is 48.5 Å². The fourth-order valence-corrected chi connectivity index (χ4v) is 5.00. The molecule has 2 nitrogen and oxygen atoms in total. The highest BCUT2D eigenvalue weighted by Crippen LogP contribution is 2.39. The van der Waals surface area contributed by atoms with E-state index in [0.717, 1.165) is 23.3 Å². The first-order chi connectivity index (χ1) is 25.1. The number of rotatable bonds is 0. The number of alkyl halides is 12. The number of aromatic nitrogens is 2. The van der Waals surface area contributed by atoms with E-state index < -0.39 is 58.3 Å². The second kappa shape index (κ2) is 14.8. The summed E-state index contributed by atoms with van der Waals surface area (Å²) in [5.74, 6) is 10.5. The summed E-state index contributed by atoms with van der Waals surface area (Å²) in [4.78, 5) is 6.45. The van der Waals surface area contributed by atoms with Gasteiger partial charge in [0.25, 0.3) is 0 Å². The lowest BCUT2D eigenvalue weighted by Crippen LogP contribution is -2.12. The SMILES string of the molecule is Cc1ccc(C#Cc2cc(C(F)(F)F)nc3c(C(F)(F)F)cccc23)cc1.Cc1ccc(C#Cc2cc(C(F)(F)F)nc3c(C(F)(F)F)cccc23)cc1. The lowest BCUT2D eigenvalue weighted by molar-refractivity contribution is -0.142. The highest BCUT2D eigenvalue weighted by atomic mass is 19.4. The first kappa shape index (κ1) is 39.2. The summed E-state index contributed by atoms with van der Waals surface area (Å²) in [6.45, 7) is 3.73. The molecule has 2 aromatic heterocycles. The van der Waals surface area contributed by atoms with Gasteiger partial charge in [-0.25, -0.2) is 9.97 Å². The van der Waals surface area contributed by atoms with Crippen LogP contribution in [0.1, 0.15) is 55.9 Å². The summed E-state index contributed by atoms with van der Waals surface area (Å²) in [6.07, 6.45) is -19.5. The molecule has 6 rings (SSSR count). The summed E-state index contributed by atoms with van der Waals surface area (Å²) in [6, 6.07) is 21.4. The summed E-state index contributed by atoms with van der Waals surface area (Å²) in [5.41, 5.74) is -4.15. The van der Waals surface area contributed by atoms with Crippen LogP contribution in [0.4, 0.5) is 52.7 Å². The van der Waals surface area contributed by atoms with Crippen LogP contribution in [0.2, 0.25) is 0 Å². The zero-order chi connectivity index (χ0) is 39.6. The minimum Gasteiger partial charge on any atom is -0.243 e. The molecule has 0 aliphatic rings. The van der Waals surface area contributed by atoms with Crippen molar-refractivity contribution in [2.24, 2.45) is 0 Å². The first-order valence-corrected chi connectivity index (χ1v) is 15.4. The minimum atomic E-state index is -4.90. The van der Waals surface area contributed by atoms with E-state index in [1.807, 2.05) is 13.8 Å². The van der Waals surface area contributed by atoms with Crippen molar-refractivity contribution >= 4 is 21.8 Å². The molecule has 2 heterocycles. The van der Waals surface area contributed by atoms with Crippen LogP contribution in [0.15, 0.2) is 97.1 Å². The van der Waals surface area contributed by atoms with Crippen molar-refractivity contribution in [2.75, 3.05) is 0 Å². The van der Waals surface area contributed by atoms with E-state index in [2.05, 4.69) is 33.6 Å². The molecule has 0 atom stereocenters. The van der Waals surface area contributed by atoms with E-state index >= 15 is 0 Å². The lowest BCUT2D eigenvalue weighted by Gasteiger charge is -2.13. The third kappa shape index (κ3) is 9.31. The molecule has 0 fully saturated rings. The van der Waals surface area contributed by atoms with Crippen molar-refractivity contribution in [3.05, 3.63) is 153 Å². The van der Waals surface area contributed by atoms with Crippen molar-refractivity contribution in [1.29, 1.82) is 0 Å². The molecule has 0 spiro atoms. The maximum Gasteiger partial charge on any atom is 0.433 e. The molecule has 276 valence electrons. The monoisotopic (exact) mass is 758 g/mol. The summed E-state index contributed by atoms with van der Waals surface area (Å²) >= 11 is 0. The third-order valence-corrected chi connectivity index (χ3v) is 7.66. The topological polar surface area (TPSA) is 25.8 Å². The van der Waals surface area contributed by atoms with Crippen molar-refractivity contribution in [2.45, 2.75) is 38.6 Å². The third-order valence-electron chi connectivity index (χ3n) is 7.66. The zero-order valence-corrected chi connectivity index (χ0v) is 27.7. The van der Waals surface area contributed by atoms with Gasteiger partial charge in [0.05, 0.1) is 22.2 Å². The van der Waals surface area contributed by atoms with Gasteiger partial charge in [-0.15, -0.1) is 0 Å². The molecule has 14 heteroatoms. The van der Waals surface area contributed by atoms with Crippen LogP contribution in [0.25, 0.3) is 21.8 Å². The van der Waals surface area contributed by atoms with Gasteiger partial charge in [-0.2, -0.15) is 52.7 Å². The Hall–Kier alpha value is -6.02. The van der Waals surface area contributed by atoms with Gasteiger partial charge in [-0.05, 0) is 62.4 Å². The van der Waals surface area contributed by atoms with Gasteiger partial charge in [-0.1, -0.05) is 83.3 Å². The van der Waals surface area contributed by atoms with E-state index in [0.29, 0.717) is 35.4 Å². The van der Waals surface area contributed by atoms with E-state index in [4.69, 9.17) is 0 Å². The Morgan fingerprint density at radius 3 is 1.04 bits per heavy atom. The zero-order valence-electron chi connectivity index (χ0n) is 27.7. The second-order valence-electron chi connectivity index (χ2n) is 11.7. The highest BCUT2D eigenvalue weighted by molar-refractivity contribution is 5.89. The van der Waals surface area contributed by atoms with E-state index in [-0.39, 0.29) is 21.9 Å². The number of aryl methyl sites for hydroxylation is 2. The number of halogens is 12. The van der Waals surface area contributed by atoms with Crippen molar-refractivity contribution in [3.63, 3.8) is 0 Å². The molecule has 0 radical (unpaired) electrons. The predicted octanol–water partition coefficient (Wildman–Crippen LogP) is 12.0. The number of hydrogen-bond acceptors (Lipinski definition) is 2. The number of para-hydroxylation sites is 2. The van der Waals surface area contributed by atoms with Crippen LogP contribution in [-0.4, -0.2) is 9.97 Å². The van der Waals surface area contributed by atoms with Crippen LogP contribution < -0.4 is 0 Å². The number of nitrogens with zero attached hydrogens (tertiary/aromatic N) is 2. The average molecular weight is 759 g/mol. The molecule has 0 saturated carbocycles. The molecule has 0 aliphatic heterocycles. The lowest BCUT2D eigenvalue weighted by atomic mass is 10.0. The number of benzene rings is 4. The Bertz CT molecular complexity index is 2280. The molecule has 0 unspecified atom stereocenters. The largest absolute Gasteiger partial charge is 0.433 e. The fourth-order valence-electron chi connectivity index (χ4n) is 5.00. The van der Waals surface area contributed by atoms with Crippen molar-refractivity contribution < 1.29 is 52.7 Å². The minimum absolute atomic E-state index is 0.0857. The van der Waals surface area contributed by atoms with Gasteiger partial charge in [0.2, 0.25) is 0 Å². The average Bonchev–Trinajstić information content (AvgIpc) is 3.08. The first-order valence-electron chi connectivity index (χ1n) is 15.4. The molecule has 0 N–H and O–H groups in total. The highest BCUT2D eigenvalue weighted by Gasteiger charge is 2.38. The van der Waals surface area contributed by atoms with Gasteiger partial charge < -0.3 is 0 Å². The molecular weight excluding hydrogens is 736 g/mol. The summed E-state index contributed by atoms with van der Waals surface area (Å²) < 4.78 is 158. The Labute approximate surface area is 299 Å². The smallest absolute Gasteiger partial charge is 0.243 e. The van der Waals surface area contributed by atoms with Crippen LogP contribution >= 0.6 is 0 Å². The Kier molecular flexibility index (Phi) is 10.7. The molecule has 54 heavy (non-hydrogen) atoms. The standard InChI is InChI=1S/2C20H11F6N/c2*1-12-5-7-13(8-6-12)9-10-14-11-17(20(24,25)26)27-18-15(14)3-2-4-16(18)19(21,22)23/h2*2-8,11H,1H3. The quantitative estimate of drug-likeness (QED) is 0.114. The Morgan fingerprint density at radius 1 is 0.407 bits per heavy atom. The van der Waals surface area contributed by atoms with E-state index in [9.17, 15) is 52.7 Å². The fraction of sp³-hybridized carbons (Fsp3) is 0.150. The maximum atomic E-state index is 13.2. The van der Waals surface area contributed by atoms with Gasteiger partial charge >= 0.3 is 24.7 Å². The van der Waals surface area contributed by atoms with Gasteiger partial charge in [0, 0.05) is 33.0 Å². The molecule has 0 amide bonds. The van der Waals surface area contributed by atoms with E-state index in [1.165, 1.54) is 12.1 Å². The second-order valence-corrected chi connectivity index (χ2v) is 11.7. The molecule has 4 aromatic carbocycles. The van der Waals surface area contributed by atoms with Crippen LogP contribution in [0.5, 0.6) is 0 Å². The van der Waals surface area contributed by atoms with Crippen LogP contribution in [-0.2, 0) is 24.7 Å². The van der Waals surface area contributed by atoms with Crippen LogP contribution in [0, 0.1) is 37.5 Å². The van der Waals surface area contributed by atoms with Gasteiger partial charge in [0.1, 0.15) is 11.4 Å². The van der Waals surface area contributed by atoms with Crippen LogP contribution in [0.3, 0.4) is 0 Å². The molecule has 0 aliphatic carbocycles. The summed E-state index contributed by atoms with van der Waals surface area (Å²) in [7, 11) is 0.